The van der Waals surface area contributed by atoms with E-state index in [4.69, 9.17) is 16.2 Å². The summed E-state index contributed by atoms with van der Waals surface area (Å²) in [7, 11) is 0. The molecule has 0 saturated carbocycles. The van der Waals surface area contributed by atoms with E-state index in [1.54, 1.807) is 0 Å². The predicted molar refractivity (Wildman–Crippen MR) is 69.5 cm³/mol. The van der Waals surface area contributed by atoms with Crippen LogP contribution in [0.25, 0.3) is 0 Å². The molecule has 0 bridgehead atoms. The van der Waals surface area contributed by atoms with E-state index in [0.717, 1.165) is 11.1 Å². The second-order valence-electron chi connectivity index (χ2n) is 3.85. The number of nitrogens with two attached hydrogens (primary N) is 2. The molecule has 17 heavy (non-hydrogen) atoms. The second-order valence-corrected chi connectivity index (χ2v) is 3.85. The zero-order chi connectivity index (χ0) is 12.1. The van der Waals surface area contributed by atoms with Gasteiger partial charge in [-0.05, 0) is 23.3 Å². The predicted octanol–water partition coefficient (Wildman–Crippen LogP) is 2.31. The van der Waals surface area contributed by atoms with Gasteiger partial charge in [-0.1, -0.05) is 36.4 Å². The van der Waals surface area contributed by atoms with E-state index in [1.807, 2.05) is 48.5 Å². The van der Waals surface area contributed by atoms with Crippen molar-refractivity contribution >= 4 is 5.69 Å². The lowest BCUT2D eigenvalue weighted by Gasteiger charge is -2.10. The van der Waals surface area contributed by atoms with E-state index in [-0.39, 0.29) is 0 Å². The van der Waals surface area contributed by atoms with Crippen LogP contribution >= 0.6 is 0 Å². The molecule has 0 aromatic heterocycles. The van der Waals surface area contributed by atoms with Gasteiger partial charge in [0.05, 0.1) is 5.69 Å². The molecule has 0 radical (unpaired) electrons. The summed E-state index contributed by atoms with van der Waals surface area (Å²) < 4.78 is 5.68. The summed E-state index contributed by atoms with van der Waals surface area (Å²) in [6.45, 7) is 1.00. The molecule has 0 amide bonds. The molecule has 0 aliphatic carbocycles. The van der Waals surface area contributed by atoms with Crippen LogP contribution in [0.1, 0.15) is 11.1 Å². The first-order valence-corrected chi connectivity index (χ1v) is 5.55. The van der Waals surface area contributed by atoms with Gasteiger partial charge in [0.1, 0.15) is 12.4 Å². The molecule has 4 N–H and O–H groups in total. The van der Waals surface area contributed by atoms with E-state index < -0.39 is 0 Å². The minimum Gasteiger partial charge on any atom is -0.487 e. The van der Waals surface area contributed by atoms with E-state index >= 15 is 0 Å². The Bertz CT molecular complexity index is 483. The molecule has 2 aromatic carbocycles. The van der Waals surface area contributed by atoms with Gasteiger partial charge < -0.3 is 16.2 Å². The average Bonchev–Trinajstić information content (AvgIpc) is 2.39. The molecule has 2 aromatic rings. The van der Waals surface area contributed by atoms with Gasteiger partial charge in [0, 0.05) is 6.54 Å². The second kappa shape index (κ2) is 5.37. The lowest BCUT2D eigenvalue weighted by Crippen LogP contribution is -2.01. The molecule has 0 fully saturated rings. The summed E-state index contributed by atoms with van der Waals surface area (Å²) in [6, 6.07) is 15.6. The maximum absolute atomic E-state index is 5.84. The van der Waals surface area contributed by atoms with E-state index in [9.17, 15) is 0 Å². The fourth-order valence-corrected chi connectivity index (χ4v) is 1.57. The third-order valence-electron chi connectivity index (χ3n) is 2.55. The van der Waals surface area contributed by atoms with Crippen LogP contribution in [0.5, 0.6) is 5.75 Å². The fraction of sp³-hybridized carbons (Fsp3) is 0.143. The van der Waals surface area contributed by atoms with Crippen LogP contribution < -0.4 is 16.2 Å². The number of rotatable bonds is 4. The maximum Gasteiger partial charge on any atom is 0.143 e. The Morgan fingerprint density at radius 1 is 0.941 bits per heavy atom. The van der Waals surface area contributed by atoms with Crippen molar-refractivity contribution in [2.45, 2.75) is 13.2 Å². The molecule has 0 atom stereocenters. The van der Waals surface area contributed by atoms with Gasteiger partial charge >= 0.3 is 0 Å². The Hall–Kier alpha value is -2.00. The summed E-state index contributed by atoms with van der Waals surface area (Å²) in [5.41, 5.74) is 14.2. The summed E-state index contributed by atoms with van der Waals surface area (Å²) in [6.07, 6.45) is 0. The molecule has 0 saturated heterocycles. The van der Waals surface area contributed by atoms with Crippen LogP contribution in [0.3, 0.4) is 0 Å². The van der Waals surface area contributed by atoms with Crippen molar-refractivity contribution in [2.24, 2.45) is 5.73 Å². The topological polar surface area (TPSA) is 61.3 Å². The lowest BCUT2D eigenvalue weighted by atomic mass is 10.2. The third-order valence-corrected chi connectivity index (χ3v) is 2.55. The van der Waals surface area contributed by atoms with Gasteiger partial charge in [0.25, 0.3) is 0 Å². The SMILES string of the molecule is NCc1ccc(N)c(OCc2ccccc2)c1. The quantitative estimate of drug-likeness (QED) is 0.789. The van der Waals surface area contributed by atoms with Crippen molar-refractivity contribution < 1.29 is 4.74 Å². The highest BCUT2D eigenvalue weighted by Crippen LogP contribution is 2.23. The fourth-order valence-electron chi connectivity index (χ4n) is 1.57. The van der Waals surface area contributed by atoms with Gasteiger partial charge in [-0.15, -0.1) is 0 Å². The van der Waals surface area contributed by atoms with Crippen LogP contribution in [0.15, 0.2) is 48.5 Å². The zero-order valence-electron chi connectivity index (χ0n) is 9.60. The number of benzene rings is 2. The summed E-state index contributed by atoms with van der Waals surface area (Å²) in [4.78, 5) is 0. The van der Waals surface area contributed by atoms with Crippen molar-refractivity contribution in [1.82, 2.24) is 0 Å². The molecule has 0 heterocycles. The molecule has 0 unspecified atom stereocenters. The molecule has 0 aliphatic rings. The van der Waals surface area contributed by atoms with Crippen LogP contribution in [0.4, 0.5) is 5.69 Å². The minimum atomic E-state index is 0.488. The molecule has 3 nitrogen and oxygen atoms in total. The van der Waals surface area contributed by atoms with E-state index in [0.29, 0.717) is 24.6 Å². The van der Waals surface area contributed by atoms with E-state index in [1.165, 1.54) is 0 Å². The van der Waals surface area contributed by atoms with Gasteiger partial charge in [-0.3, -0.25) is 0 Å². The standard InChI is InChI=1S/C14H16N2O/c15-9-12-6-7-13(16)14(8-12)17-10-11-4-2-1-3-5-11/h1-8H,9-10,15-16H2. The molecule has 2 rings (SSSR count). The van der Waals surface area contributed by atoms with Crippen molar-refractivity contribution in [3.8, 4) is 5.75 Å². The molecule has 3 heteroatoms. The smallest absolute Gasteiger partial charge is 0.143 e. The Labute approximate surface area is 101 Å². The number of anilines is 1. The van der Waals surface area contributed by atoms with E-state index in [2.05, 4.69) is 0 Å². The van der Waals surface area contributed by atoms with Crippen LogP contribution in [-0.4, -0.2) is 0 Å². The monoisotopic (exact) mass is 228 g/mol. The Balaban J connectivity index is 2.08. The first-order chi connectivity index (χ1) is 8.29. The Morgan fingerprint density at radius 2 is 1.71 bits per heavy atom. The number of ether oxygens (including phenoxy) is 1. The molecular formula is C14H16N2O. The van der Waals surface area contributed by atoms with Gasteiger partial charge in [0.2, 0.25) is 0 Å². The highest BCUT2D eigenvalue weighted by atomic mass is 16.5. The summed E-state index contributed by atoms with van der Waals surface area (Å²) >= 11 is 0. The van der Waals surface area contributed by atoms with Crippen molar-refractivity contribution in [3.05, 3.63) is 59.7 Å². The van der Waals surface area contributed by atoms with Crippen molar-refractivity contribution in [2.75, 3.05) is 5.73 Å². The lowest BCUT2D eigenvalue weighted by molar-refractivity contribution is 0.307. The normalized spacial score (nSPS) is 10.2. The van der Waals surface area contributed by atoms with Crippen LogP contribution in [-0.2, 0) is 13.2 Å². The molecule has 0 spiro atoms. The number of hydrogen-bond acceptors (Lipinski definition) is 3. The first kappa shape index (κ1) is 11.5. The minimum absolute atomic E-state index is 0.488. The van der Waals surface area contributed by atoms with Crippen LogP contribution in [0, 0.1) is 0 Å². The highest BCUT2D eigenvalue weighted by molar-refractivity contribution is 5.54. The highest BCUT2D eigenvalue weighted by Gasteiger charge is 2.02. The average molecular weight is 228 g/mol. The molecular weight excluding hydrogens is 212 g/mol. The molecule has 88 valence electrons. The van der Waals surface area contributed by atoms with Crippen molar-refractivity contribution in [3.63, 3.8) is 0 Å². The summed E-state index contributed by atoms with van der Waals surface area (Å²) in [5, 5.41) is 0. The third kappa shape index (κ3) is 2.98. The zero-order valence-corrected chi connectivity index (χ0v) is 9.60. The summed E-state index contributed by atoms with van der Waals surface area (Å²) in [5.74, 6) is 0.691. The largest absolute Gasteiger partial charge is 0.487 e. The number of hydrogen-bond donors (Lipinski definition) is 2. The van der Waals surface area contributed by atoms with Crippen LogP contribution in [0.2, 0.25) is 0 Å². The van der Waals surface area contributed by atoms with Gasteiger partial charge in [-0.25, -0.2) is 0 Å². The van der Waals surface area contributed by atoms with Gasteiger partial charge in [0.15, 0.2) is 0 Å². The Kier molecular flexibility index (Phi) is 3.62. The number of nitrogen functional groups attached to an aromatic ring is 1. The Morgan fingerprint density at radius 3 is 2.41 bits per heavy atom. The first-order valence-electron chi connectivity index (χ1n) is 5.55. The van der Waals surface area contributed by atoms with Gasteiger partial charge in [-0.2, -0.15) is 0 Å². The molecule has 0 aliphatic heterocycles. The maximum atomic E-state index is 5.84. The van der Waals surface area contributed by atoms with Crippen molar-refractivity contribution in [1.29, 1.82) is 0 Å².